The van der Waals surface area contributed by atoms with E-state index in [2.05, 4.69) is 0 Å². The quantitative estimate of drug-likeness (QED) is 0.188. The molecule has 0 radical (unpaired) electrons. The van der Waals surface area contributed by atoms with Crippen molar-refractivity contribution in [3.63, 3.8) is 0 Å². The van der Waals surface area contributed by atoms with Crippen molar-refractivity contribution in [3.8, 4) is 28.7 Å². The lowest BCUT2D eigenvalue weighted by Gasteiger charge is -2.26. The summed E-state index contributed by atoms with van der Waals surface area (Å²) in [7, 11) is 5.80. The van der Waals surface area contributed by atoms with Crippen LogP contribution in [-0.2, 0) is 9.59 Å². The van der Waals surface area contributed by atoms with Gasteiger partial charge in [-0.25, -0.2) is 0 Å². The van der Waals surface area contributed by atoms with Gasteiger partial charge in [0.25, 0.3) is 11.7 Å². The third kappa shape index (κ3) is 5.48. The molecule has 3 aromatic rings. The van der Waals surface area contributed by atoms with Crippen molar-refractivity contribution < 1.29 is 38.4 Å². The fraction of sp³-hybridized carbons (Fsp3) is 0.241. The van der Waals surface area contributed by atoms with Crippen LogP contribution in [0.5, 0.6) is 28.7 Å². The summed E-state index contributed by atoms with van der Waals surface area (Å²) in [4.78, 5) is 28.1. The molecule has 11 heteroatoms. The van der Waals surface area contributed by atoms with Crippen LogP contribution in [0.2, 0.25) is 10.0 Å². The Kier molecular flexibility index (Phi) is 8.96. The van der Waals surface area contributed by atoms with E-state index in [0.29, 0.717) is 22.8 Å². The maximum Gasteiger partial charge on any atom is 0.295 e. The van der Waals surface area contributed by atoms with Crippen LogP contribution in [0, 0.1) is 0 Å². The molecule has 0 bridgehead atoms. The molecule has 9 nitrogen and oxygen atoms in total. The van der Waals surface area contributed by atoms with Crippen molar-refractivity contribution in [2.45, 2.75) is 6.04 Å². The number of carbonyl (C=O) groups is 2. The molecule has 1 aliphatic heterocycles. The Hall–Kier alpha value is -4.08. The average Bonchev–Trinajstić information content (AvgIpc) is 3.22. The Labute approximate surface area is 241 Å². The maximum absolute atomic E-state index is 13.4. The zero-order valence-electron chi connectivity index (χ0n) is 22.2. The predicted octanol–water partition coefficient (Wildman–Crippen LogP) is 5.53. The van der Waals surface area contributed by atoms with Gasteiger partial charge in [0, 0.05) is 0 Å². The number of carbonyl (C=O) groups excluding carboxylic acids is 2. The van der Waals surface area contributed by atoms with Crippen LogP contribution < -0.4 is 23.7 Å². The summed E-state index contributed by atoms with van der Waals surface area (Å²) in [5, 5.41) is 11.6. The van der Waals surface area contributed by atoms with E-state index >= 15 is 0 Å². The second-order valence-corrected chi connectivity index (χ2v) is 9.36. The Morgan fingerprint density at radius 2 is 1.50 bits per heavy atom. The van der Waals surface area contributed by atoms with E-state index < -0.39 is 23.5 Å². The number of halogens is 2. The highest BCUT2D eigenvalue weighted by Gasteiger charge is 2.46. The Morgan fingerprint density at radius 3 is 2.12 bits per heavy atom. The highest BCUT2D eigenvalue weighted by Crippen LogP contribution is 2.47. The summed E-state index contributed by atoms with van der Waals surface area (Å²) in [5.41, 5.74) is 0.395. The number of aliphatic hydroxyl groups is 1. The number of ether oxygens (including phenoxy) is 5. The summed E-state index contributed by atoms with van der Waals surface area (Å²) in [6, 6.07) is 14.2. The molecule has 0 aliphatic carbocycles. The van der Waals surface area contributed by atoms with E-state index in [4.69, 9.17) is 46.9 Å². The van der Waals surface area contributed by atoms with Crippen molar-refractivity contribution in [3.05, 3.63) is 81.3 Å². The molecule has 0 saturated carbocycles. The lowest BCUT2D eigenvalue weighted by atomic mass is 9.94. The summed E-state index contributed by atoms with van der Waals surface area (Å²) in [5.74, 6) is -0.306. The Balaban J connectivity index is 1.79. The fourth-order valence-corrected chi connectivity index (χ4v) is 5.18. The minimum Gasteiger partial charge on any atom is -0.507 e. The average molecular weight is 588 g/mol. The number of hydrogen-bond donors (Lipinski definition) is 1. The lowest BCUT2D eigenvalue weighted by Crippen LogP contribution is -2.33. The summed E-state index contributed by atoms with van der Waals surface area (Å²) >= 11 is 12.8. The monoisotopic (exact) mass is 587 g/mol. The minimum atomic E-state index is -0.973. The van der Waals surface area contributed by atoms with Crippen molar-refractivity contribution in [2.75, 3.05) is 41.6 Å². The summed E-state index contributed by atoms with van der Waals surface area (Å²) in [6.07, 6.45) is 0. The van der Waals surface area contributed by atoms with E-state index in [1.165, 1.54) is 32.3 Å². The molecule has 1 aliphatic rings. The van der Waals surface area contributed by atoms with Gasteiger partial charge < -0.3 is 33.7 Å². The first-order chi connectivity index (χ1) is 19.2. The number of rotatable bonds is 10. The number of Topliss-reactive ketones (excluding diaryl/α,β-unsaturated/α-hetero) is 1. The SMILES string of the molecule is COc1ccc(OCCN2C(=O)C(=O)/C(=C(/O)c3cc(Cl)c(OC)c(Cl)c3OC)C2c2cccc(OC)c2)cc1. The van der Waals surface area contributed by atoms with Crippen LogP contribution in [-0.4, -0.2) is 63.3 Å². The van der Waals surface area contributed by atoms with Crippen LogP contribution in [0.1, 0.15) is 17.2 Å². The molecule has 1 N–H and O–H groups in total. The van der Waals surface area contributed by atoms with Gasteiger partial charge in [-0.2, -0.15) is 0 Å². The molecule has 4 rings (SSSR count). The normalized spacial score (nSPS) is 16.1. The van der Waals surface area contributed by atoms with Gasteiger partial charge >= 0.3 is 0 Å². The minimum absolute atomic E-state index is 0.000833. The van der Waals surface area contributed by atoms with Gasteiger partial charge in [0.1, 0.15) is 34.6 Å². The number of methoxy groups -OCH3 is 4. The van der Waals surface area contributed by atoms with E-state index in [0.717, 1.165) is 0 Å². The Morgan fingerprint density at radius 1 is 0.850 bits per heavy atom. The summed E-state index contributed by atoms with van der Waals surface area (Å²) in [6.45, 7) is 0.111. The molecule has 1 unspecified atom stereocenters. The predicted molar refractivity (Wildman–Crippen MR) is 150 cm³/mol. The largest absolute Gasteiger partial charge is 0.507 e. The molecule has 1 heterocycles. The van der Waals surface area contributed by atoms with Crippen molar-refractivity contribution in [1.29, 1.82) is 0 Å². The van der Waals surface area contributed by atoms with Gasteiger partial charge in [0.15, 0.2) is 11.5 Å². The van der Waals surface area contributed by atoms with Crippen LogP contribution in [0.3, 0.4) is 0 Å². The van der Waals surface area contributed by atoms with Crippen LogP contribution in [0.25, 0.3) is 5.76 Å². The number of aliphatic hydroxyl groups excluding tert-OH is 1. The maximum atomic E-state index is 13.4. The second kappa shape index (κ2) is 12.4. The summed E-state index contributed by atoms with van der Waals surface area (Å²) < 4.78 is 27.0. The highest BCUT2D eigenvalue weighted by molar-refractivity contribution is 6.47. The topological polar surface area (TPSA) is 104 Å². The fourth-order valence-electron chi connectivity index (χ4n) is 4.49. The third-order valence-corrected chi connectivity index (χ3v) is 7.03. The number of ketones is 1. The van der Waals surface area contributed by atoms with Crippen LogP contribution in [0.4, 0.5) is 0 Å². The number of hydrogen-bond acceptors (Lipinski definition) is 8. The van der Waals surface area contributed by atoms with Gasteiger partial charge in [-0.1, -0.05) is 35.3 Å². The molecule has 0 aromatic heterocycles. The van der Waals surface area contributed by atoms with Gasteiger partial charge in [0.05, 0.1) is 57.2 Å². The standard InChI is InChI=1S/C29H27Cl2NO8/c1-36-17-8-10-18(11-9-17)40-13-12-32-24(16-6-5-7-19(14-16)37-2)22(26(34)29(32)35)25(33)20-15-21(30)28(39-4)23(31)27(20)38-3/h5-11,14-15,24,33H,12-13H2,1-4H3/b25-22+. The second-order valence-electron chi connectivity index (χ2n) is 8.58. The van der Waals surface area contributed by atoms with Crippen molar-refractivity contribution in [2.24, 2.45) is 0 Å². The van der Waals surface area contributed by atoms with E-state index in [-0.39, 0.29) is 45.8 Å². The zero-order chi connectivity index (χ0) is 29.0. The number of amides is 1. The zero-order valence-corrected chi connectivity index (χ0v) is 23.7. The molecule has 0 spiro atoms. The first-order valence-electron chi connectivity index (χ1n) is 12.0. The number of nitrogens with zero attached hydrogens (tertiary/aromatic N) is 1. The van der Waals surface area contributed by atoms with E-state index in [9.17, 15) is 14.7 Å². The van der Waals surface area contributed by atoms with Crippen molar-refractivity contribution >= 4 is 40.7 Å². The van der Waals surface area contributed by atoms with Gasteiger partial charge in [-0.05, 0) is 48.0 Å². The van der Waals surface area contributed by atoms with Crippen LogP contribution >= 0.6 is 23.2 Å². The molecule has 1 atom stereocenters. The molecule has 210 valence electrons. The Bertz CT molecular complexity index is 1460. The highest BCUT2D eigenvalue weighted by atomic mass is 35.5. The first-order valence-corrected chi connectivity index (χ1v) is 12.8. The molecule has 1 fully saturated rings. The van der Waals surface area contributed by atoms with Gasteiger partial charge in [-0.15, -0.1) is 0 Å². The lowest BCUT2D eigenvalue weighted by molar-refractivity contribution is -0.140. The number of benzene rings is 3. The van der Waals surface area contributed by atoms with Crippen molar-refractivity contribution in [1.82, 2.24) is 4.90 Å². The van der Waals surface area contributed by atoms with Crippen LogP contribution in [0.15, 0.2) is 60.2 Å². The van der Waals surface area contributed by atoms with Gasteiger partial charge in [-0.3, -0.25) is 9.59 Å². The third-order valence-electron chi connectivity index (χ3n) is 6.40. The smallest absolute Gasteiger partial charge is 0.295 e. The molecular weight excluding hydrogens is 561 g/mol. The van der Waals surface area contributed by atoms with E-state index in [1.807, 2.05) is 0 Å². The molecule has 1 amide bonds. The molecule has 3 aromatic carbocycles. The van der Waals surface area contributed by atoms with E-state index in [1.54, 1.807) is 55.6 Å². The number of likely N-dealkylation sites (tertiary alicyclic amines) is 1. The molecule has 1 saturated heterocycles. The first kappa shape index (κ1) is 28.9. The molecule has 40 heavy (non-hydrogen) atoms. The molecular formula is C29H27Cl2NO8. The van der Waals surface area contributed by atoms with Gasteiger partial charge in [0.2, 0.25) is 0 Å².